The molecule has 0 aliphatic heterocycles. The number of methoxy groups -OCH3 is 1. The van der Waals surface area contributed by atoms with Gasteiger partial charge in [-0.25, -0.2) is 0 Å². The third-order valence-electron chi connectivity index (χ3n) is 2.71. The predicted molar refractivity (Wildman–Crippen MR) is 70.7 cm³/mol. The van der Waals surface area contributed by atoms with Crippen LogP contribution in [0.4, 0.5) is 0 Å². The zero-order valence-corrected chi connectivity index (χ0v) is 11.2. The van der Waals surface area contributed by atoms with Gasteiger partial charge in [0.25, 0.3) is 0 Å². The molecule has 3 nitrogen and oxygen atoms in total. The summed E-state index contributed by atoms with van der Waals surface area (Å²) in [7, 11) is 1.67. The minimum Gasteiger partial charge on any atom is -0.497 e. The first-order valence-corrected chi connectivity index (χ1v) is 6.16. The molecule has 1 aromatic rings. The van der Waals surface area contributed by atoms with Crippen molar-refractivity contribution in [2.24, 2.45) is 5.73 Å². The van der Waals surface area contributed by atoms with Crippen molar-refractivity contribution in [1.29, 1.82) is 0 Å². The van der Waals surface area contributed by atoms with E-state index in [-0.39, 0.29) is 12.1 Å². The Morgan fingerprint density at radius 2 is 2.00 bits per heavy atom. The lowest BCUT2D eigenvalue weighted by atomic mass is 10.1. The molecule has 2 atom stereocenters. The van der Waals surface area contributed by atoms with E-state index in [2.05, 4.69) is 13.8 Å². The maximum atomic E-state index is 5.88. The van der Waals surface area contributed by atoms with E-state index >= 15 is 0 Å². The highest BCUT2D eigenvalue weighted by Gasteiger charge is 2.10. The summed E-state index contributed by atoms with van der Waals surface area (Å²) in [5.41, 5.74) is 6.96. The molecular weight excluding hydrogens is 214 g/mol. The van der Waals surface area contributed by atoms with E-state index in [1.807, 2.05) is 25.1 Å². The van der Waals surface area contributed by atoms with E-state index in [1.165, 1.54) is 0 Å². The van der Waals surface area contributed by atoms with Gasteiger partial charge in [0.2, 0.25) is 0 Å². The van der Waals surface area contributed by atoms with Gasteiger partial charge in [0.05, 0.1) is 13.2 Å². The van der Waals surface area contributed by atoms with Gasteiger partial charge >= 0.3 is 0 Å². The number of rotatable bonds is 6. The molecule has 0 spiro atoms. The van der Waals surface area contributed by atoms with Crippen LogP contribution in [0.15, 0.2) is 18.2 Å². The molecule has 0 amide bonds. The summed E-state index contributed by atoms with van der Waals surface area (Å²) >= 11 is 0. The molecule has 0 heterocycles. The number of benzene rings is 1. The minimum atomic E-state index is 0.112. The zero-order chi connectivity index (χ0) is 12.8. The third-order valence-corrected chi connectivity index (χ3v) is 2.71. The molecule has 1 aromatic carbocycles. The third kappa shape index (κ3) is 4.27. The van der Waals surface area contributed by atoms with Crippen LogP contribution in [0.25, 0.3) is 0 Å². The Morgan fingerprint density at radius 3 is 2.53 bits per heavy atom. The Bertz CT molecular complexity index is 350. The van der Waals surface area contributed by atoms with Crippen molar-refractivity contribution in [1.82, 2.24) is 0 Å². The van der Waals surface area contributed by atoms with Crippen LogP contribution in [0.3, 0.4) is 0 Å². The molecule has 0 aliphatic rings. The van der Waals surface area contributed by atoms with Crippen LogP contribution in [0.1, 0.15) is 32.8 Å². The lowest BCUT2D eigenvalue weighted by Gasteiger charge is -2.18. The Labute approximate surface area is 104 Å². The van der Waals surface area contributed by atoms with Crippen molar-refractivity contribution in [2.75, 3.05) is 7.11 Å². The molecule has 96 valence electrons. The largest absolute Gasteiger partial charge is 0.497 e. The first-order valence-electron chi connectivity index (χ1n) is 6.16. The van der Waals surface area contributed by atoms with E-state index < -0.39 is 0 Å². The molecule has 0 aliphatic carbocycles. The fraction of sp³-hybridized carbons (Fsp3) is 0.571. The van der Waals surface area contributed by atoms with E-state index in [0.29, 0.717) is 0 Å². The molecule has 0 saturated carbocycles. The van der Waals surface area contributed by atoms with Crippen LogP contribution in [0, 0.1) is 0 Å². The number of nitrogens with two attached hydrogens (primary N) is 1. The van der Waals surface area contributed by atoms with Gasteiger partial charge in [0.1, 0.15) is 11.5 Å². The molecule has 0 saturated heterocycles. The molecule has 0 aromatic heterocycles. The van der Waals surface area contributed by atoms with Crippen LogP contribution in [-0.4, -0.2) is 19.3 Å². The van der Waals surface area contributed by atoms with Crippen LogP contribution in [-0.2, 0) is 6.42 Å². The molecule has 2 N–H and O–H groups in total. The first-order chi connectivity index (χ1) is 8.06. The highest BCUT2D eigenvalue weighted by atomic mass is 16.5. The fourth-order valence-electron chi connectivity index (χ4n) is 1.60. The number of hydrogen-bond donors (Lipinski definition) is 1. The van der Waals surface area contributed by atoms with Crippen molar-refractivity contribution >= 4 is 0 Å². The highest BCUT2D eigenvalue weighted by molar-refractivity contribution is 5.40. The zero-order valence-electron chi connectivity index (χ0n) is 11.2. The summed E-state index contributed by atoms with van der Waals surface area (Å²) < 4.78 is 11.1. The number of ether oxygens (including phenoxy) is 2. The minimum absolute atomic E-state index is 0.112. The van der Waals surface area contributed by atoms with Gasteiger partial charge < -0.3 is 15.2 Å². The van der Waals surface area contributed by atoms with E-state index in [1.54, 1.807) is 7.11 Å². The first kappa shape index (κ1) is 13.8. The molecule has 2 unspecified atom stereocenters. The maximum absolute atomic E-state index is 5.88. The quantitative estimate of drug-likeness (QED) is 0.827. The molecule has 0 fully saturated rings. The van der Waals surface area contributed by atoms with Crippen molar-refractivity contribution in [3.8, 4) is 11.5 Å². The van der Waals surface area contributed by atoms with Gasteiger partial charge in [-0.3, -0.25) is 0 Å². The normalized spacial score (nSPS) is 14.2. The van der Waals surface area contributed by atoms with E-state index in [4.69, 9.17) is 15.2 Å². The molecule has 0 bridgehead atoms. The standard InChI is InChI=1S/C14H23NO2/c1-5-11(3)17-14-7-6-13(16-4)9-12(14)8-10(2)15/h6-7,9-11H,5,8,15H2,1-4H3. The monoisotopic (exact) mass is 237 g/mol. The summed E-state index contributed by atoms with van der Waals surface area (Å²) in [6.07, 6.45) is 2.00. The highest BCUT2D eigenvalue weighted by Crippen LogP contribution is 2.26. The van der Waals surface area contributed by atoms with Gasteiger partial charge in [0.15, 0.2) is 0 Å². The van der Waals surface area contributed by atoms with Gasteiger partial charge in [-0.2, -0.15) is 0 Å². The number of hydrogen-bond acceptors (Lipinski definition) is 3. The van der Waals surface area contributed by atoms with Gasteiger partial charge in [0, 0.05) is 6.04 Å². The van der Waals surface area contributed by atoms with Crippen molar-refractivity contribution < 1.29 is 9.47 Å². The summed E-state index contributed by atoms with van der Waals surface area (Å²) in [5, 5.41) is 0. The average Bonchev–Trinajstić information content (AvgIpc) is 2.30. The second-order valence-electron chi connectivity index (χ2n) is 4.49. The van der Waals surface area contributed by atoms with Gasteiger partial charge in [-0.15, -0.1) is 0 Å². The lowest BCUT2D eigenvalue weighted by Crippen LogP contribution is -2.19. The molecule has 1 rings (SSSR count). The van der Waals surface area contributed by atoms with Crippen molar-refractivity contribution in [3.05, 3.63) is 23.8 Å². The second kappa shape index (κ2) is 6.50. The average molecular weight is 237 g/mol. The van der Waals surface area contributed by atoms with Crippen LogP contribution in [0.5, 0.6) is 11.5 Å². The topological polar surface area (TPSA) is 44.5 Å². The Hall–Kier alpha value is -1.22. The van der Waals surface area contributed by atoms with Crippen molar-refractivity contribution in [3.63, 3.8) is 0 Å². The molecule has 3 heteroatoms. The fourth-order valence-corrected chi connectivity index (χ4v) is 1.60. The molecular formula is C14H23NO2. The van der Waals surface area contributed by atoms with Gasteiger partial charge in [-0.1, -0.05) is 6.92 Å². The second-order valence-corrected chi connectivity index (χ2v) is 4.49. The smallest absolute Gasteiger partial charge is 0.123 e. The van der Waals surface area contributed by atoms with Crippen molar-refractivity contribution in [2.45, 2.75) is 45.8 Å². The van der Waals surface area contributed by atoms with Crippen LogP contribution in [0.2, 0.25) is 0 Å². The summed E-state index contributed by atoms with van der Waals surface area (Å²) in [4.78, 5) is 0. The van der Waals surface area contributed by atoms with Crippen LogP contribution < -0.4 is 15.2 Å². The Morgan fingerprint density at radius 1 is 1.29 bits per heavy atom. The lowest BCUT2D eigenvalue weighted by molar-refractivity contribution is 0.214. The van der Waals surface area contributed by atoms with Gasteiger partial charge in [-0.05, 0) is 50.5 Å². The summed E-state index contributed by atoms with van der Waals surface area (Å²) in [6.45, 7) is 6.17. The van der Waals surface area contributed by atoms with E-state index in [9.17, 15) is 0 Å². The maximum Gasteiger partial charge on any atom is 0.123 e. The SMILES string of the molecule is CCC(C)Oc1ccc(OC)cc1CC(C)N. The molecule has 17 heavy (non-hydrogen) atoms. The summed E-state index contributed by atoms with van der Waals surface area (Å²) in [6, 6.07) is 5.99. The Kier molecular flexibility index (Phi) is 5.29. The Balaban J connectivity index is 2.93. The molecule has 0 radical (unpaired) electrons. The predicted octanol–water partition coefficient (Wildman–Crippen LogP) is 2.76. The van der Waals surface area contributed by atoms with Crippen LogP contribution >= 0.6 is 0 Å². The summed E-state index contributed by atoms with van der Waals surface area (Å²) in [5.74, 6) is 1.76. The van der Waals surface area contributed by atoms with E-state index in [0.717, 1.165) is 29.9 Å².